The zero-order valence-corrected chi connectivity index (χ0v) is 18.1. The maximum absolute atomic E-state index is 13.5. The lowest BCUT2D eigenvalue weighted by atomic mass is 9.76. The second-order valence-corrected chi connectivity index (χ2v) is 8.78. The summed E-state index contributed by atoms with van der Waals surface area (Å²) in [5.41, 5.74) is 0.525. The van der Waals surface area contributed by atoms with Crippen LogP contribution in [0.3, 0.4) is 0 Å². The van der Waals surface area contributed by atoms with Gasteiger partial charge in [0, 0.05) is 18.7 Å². The van der Waals surface area contributed by atoms with Crippen molar-refractivity contribution in [3.05, 3.63) is 58.6 Å². The molecule has 2 saturated heterocycles. The Morgan fingerprint density at radius 2 is 1.88 bits per heavy atom. The number of halogens is 1. The van der Waals surface area contributed by atoms with E-state index in [1.807, 2.05) is 0 Å². The van der Waals surface area contributed by atoms with Gasteiger partial charge in [-0.25, -0.2) is 0 Å². The number of phenolic OH excluding ortho intramolecular Hbond substituents is 1. The fraction of sp³-hybridized carbons (Fsp3) is 0.348. The highest BCUT2D eigenvalue weighted by atomic mass is 35.5. The molecule has 1 spiro atoms. The molecule has 5 rings (SSSR count). The molecule has 166 valence electrons. The number of hydrogen-bond donors (Lipinski definition) is 3. The van der Waals surface area contributed by atoms with Gasteiger partial charge in [0.15, 0.2) is 0 Å². The number of aromatic hydroxyl groups is 1. The number of benzene rings is 2. The summed E-state index contributed by atoms with van der Waals surface area (Å²) in [7, 11) is 1.51. The number of carbonyl (C=O) groups excluding carboxylic acids is 3. The number of nitrogens with zero attached hydrogens (tertiary/aromatic N) is 1. The SMILES string of the molecule is COCCN1C(=O)[C@@H]2[C@H](Cc3ccc(O)cc3)N[C@@]3(C(=O)Nc4c(Cl)cccc43)[C@@H]2C1=O. The van der Waals surface area contributed by atoms with E-state index in [9.17, 15) is 19.5 Å². The standard InChI is InChI=1S/C23H22ClN3O5/c1-32-10-9-27-20(29)17-16(11-12-5-7-13(28)8-6-12)26-23(18(17)21(27)30)14-3-2-4-15(24)19(14)25-22(23)31/h2-8,16-18,26,28H,9-11H2,1H3,(H,25,31)/t16-,17+,18-,23+/m0/s1. The van der Waals surface area contributed by atoms with Gasteiger partial charge >= 0.3 is 0 Å². The Hall–Kier alpha value is -2.94. The van der Waals surface area contributed by atoms with Gasteiger partial charge in [-0.15, -0.1) is 0 Å². The van der Waals surface area contributed by atoms with Crippen molar-refractivity contribution in [3.63, 3.8) is 0 Å². The number of imide groups is 1. The zero-order chi connectivity index (χ0) is 22.6. The lowest BCUT2D eigenvalue weighted by molar-refractivity contribution is -0.143. The number of fused-ring (bicyclic) bond motifs is 4. The molecule has 0 aromatic heterocycles. The molecular formula is C23H22ClN3O5. The summed E-state index contributed by atoms with van der Waals surface area (Å²) in [5.74, 6) is -2.57. The molecular weight excluding hydrogens is 434 g/mol. The molecule has 9 heteroatoms. The second-order valence-electron chi connectivity index (χ2n) is 8.37. The van der Waals surface area contributed by atoms with Gasteiger partial charge in [-0.3, -0.25) is 24.6 Å². The first kappa shape index (κ1) is 20.9. The number of anilines is 1. The molecule has 2 fully saturated rings. The van der Waals surface area contributed by atoms with Crippen molar-refractivity contribution >= 4 is 35.0 Å². The van der Waals surface area contributed by atoms with E-state index in [0.717, 1.165) is 5.56 Å². The first-order chi connectivity index (χ1) is 15.4. The maximum atomic E-state index is 13.5. The summed E-state index contributed by atoms with van der Waals surface area (Å²) < 4.78 is 5.08. The minimum Gasteiger partial charge on any atom is -0.508 e. The van der Waals surface area contributed by atoms with Crippen LogP contribution in [0.2, 0.25) is 5.02 Å². The lowest BCUT2D eigenvalue weighted by Crippen LogP contribution is -2.53. The van der Waals surface area contributed by atoms with Crippen molar-refractivity contribution in [1.29, 1.82) is 0 Å². The van der Waals surface area contributed by atoms with Crippen LogP contribution >= 0.6 is 11.6 Å². The Morgan fingerprint density at radius 3 is 2.59 bits per heavy atom. The molecule has 3 aliphatic rings. The number of hydrogen-bond acceptors (Lipinski definition) is 6. The predicted molar refractivity (Wildman–Crippen MR) is 116 cm³/mol. The van der Waals surface area contributed by atoms with Gasteiger partial charge in [-0.1, -0.05) is 35.9 Å². The van der Waals surface area contributed by atoms with Crippen LogP contribution in [0, 0.1) is 11.8 Å². The van der Waals surface area contributed by atoms with E-state index in [0.29, 0.717) is 22.7 Å². The Bertz CT molecular complexity index is 1120. The first-order valence-corrected chi connectivity index (χ1v) is 10.8. The number of nitrogens with one attached hydrogen (secondary N) is 2. The summed E-state index contributed by atoms with van der Waals surface area (Å²) in [6.07, 6.45) is 0.406. The summed E-state index contributed by atoms with van der Waals surface area (Å²) >= 11 is 6.34. The van der Waals surface area contributed by atoms with Crippen LogP contribution in [0.25, 0.3) is 0 Å². The molecule has 3 N–H and O–H groups in total. The zero-order valence-electron chi connectivity index (χ0n) is 17.3. The van der Waals surface area contributed by atoms with E-state index in [1.54, 1.807) is 42.5 Å². The number of carbonyl (C=O) groups is 3. The Labute approximate surface area is 189 Å². The number of phenols is 1. The van der Waals surface area contributed by atoms with Gasteiger partial charge in [0.1, 0.15) is 11.3 Å². The van der Waals surface area contributed by atoms with Crippen molar-refractivity contribution in [2.45, 2.75) is 18.0 Å². The van der Waals surface area contributed by atoms with Crippen LogP contribution in [0.4, 0.5) is 5.69 Å². The van der Waals surface area contributed by atoms with Gasteiger partial charge < -0.3 is 15.2 Å². The average molecular weight is 456 g/mol. The minimum atomic E-state index is -1.39. The van der Waals surface area contributed by atoms with E-state index >= 15 is 0 Å². The van der Waals surface area contributed by atoms with Crippen LogP contribution in [0.1, 0.15) is 11.1 Å². The third kappa shape index (κ3) is 2.87. The number of methoxy groups -OCH3 is 1. The summed E-state index contributed by atoms with van der Waals surface area (Å²) in [6.45, 7) is 0.349. The molecule has 32 heavy (non-hydrogen) atoms. The number of rotatable bonds is 5. The van der Waals surface area contributed by atoms with Gasteiger partial charge in [0.2, 0.25) is 17.7 Å². The lowest BCUT2D eigenvalue weighted by Gasteiger charge is -2.29. The van der Waals surface area contributed by atoms with Crippen LogP contribution in [-0.4, -0.2) is 54.0 Å². The molecule has 0 aliphatic carbocycles. The van der Waals surface area contributed by atoms with Crippen molar-refractivity contribution < 1.29 is 24.2 Å². The quantitative estimate of drug-likeness (QED) is 0.592. The topological polar surface area (TPSA) is 108 Å². The molecule has 3 amide bonds. The number of amides is 3. The Morgan fingerprint density at radius 1 is 1.12 bits per heavy atom. The van der Waals surface area contributed by atoms with Crippen LogP contribution in [0.5, 0.6) is 5.75 Å². The van der Waals surface area contributed by atoms with E-state index < -0.39 is 29.3 Å². The third-order valence-corrected chi connectivity index (χ3v) is 7.02. The minimum absolute atomic E-state index is 0.132. The van der Waals surface area contributed by atoms with Crippen LogP contribution in [-0.2, 0) is 31.1 Å². The highest BCUT2D eigenvalue weighted by Crippen LogP contribution is 2.54. The molecule has 4 atom stereocenters. The first-order valence-electron chi connectivity index (χ1n) is 10.4. The Kier molecular flexibility index (Phi) is 4.96. The van der Waals surface area contributed by atoms with E-state index in [4.69, 9.17) is 16.3 Å². The largest absolute Gasteiger partial charge is 0.508 e. The van der Waals surface area contributed by atoms with Crippen molar-refractivity contribution in [1.82, 2.24) is 10.2 Å². The van der Waals surface area contributed by atoms with Gasteiger partial charge in [0.25, 0.3) is 0 Å². The molecule has 0 unspecified atom stereocenters. The summed E-state index contributed by atoms with van der Waals surface area (Å²) in [5, 5.41) is 16.2. The second kappa shape index (κ2) is 7.58. The molecule has 8 nitrogen and oxygen atoms in total. The molecule has 2 aromatic carbocycles. The van der Waals surface area contributed by atoms with Gasteiger partial charge in [-0.05, 0) is 30.2 Å². The smallest absolute Gasteiger partial charge is 0.250 e. The van der Waals surface area contributed by atoms with Crippen LogP contribution < -0.4 is 10.6 Å². The van der Waals surface area contributed by atoms with Crippen molar-refractivity contribution in [3.8, 4) is 5.75 Å². The molecule has 3 aliphatic heterocycles. The third-order valence-electron chi connectivity index (χ3n) is 6.70. The fourth-order valence-corrected chi connectivity index (χ4v) is 5.54. The molecule has 0 bridgehead atoms. The maximum Gasteiger partial charge on any atom is 0.250 e. The number of ether oxygens (including phenoxy) is 1. The molecule has 3 heterocycles. The highest BCUT2D eigenvalue weighted by Gasteiger charge is 2.70. The van der Waals surface area contributed by atoms with Crippen molar-refractivity contribution in [2.75, 3.05) is 25.6 Å². The number of likely N-dealkylation sites (tertiary alicyclic amines) is 1. The molecule has 0 saturated carbocycles. The fourth-order valence-electron chi connectivity index (χ4n) is 5.32. The van der Waals surface area contributed by atoms with E-state index in [-0.39, 0.29) is 30.7 Å². The Balaban J connectivity index is 1.61. The summed E-state index contributed by atoms with van der Waals surface area (Å²) in [4.78, 5) is 41.5. The van der Waals surface area contributed by atoms with E-state index in [2.05, 4.69) is 10.6 Å². The van der Waals surface area contributed by atoms with Gasteiger partial charge in [0.05, 0.1) is 35.7 Å². The molecule has 2 aromatic rings. The van der Waals surface area contributed by atoms with Crippen molar-refractivity contribution in [2.24, 2.45) is 11.8 Å². The molecule has 0 radical (unpaired) electrons. The highest BCUT2D eigenvalue weighted by molar-refractivity contribution is 6.35. The normalized spacial score (nSPS) is 28.4. The monoisotopic (exact) mass is 455 g/mol. The van der Waals surface area contributed by atoms with Crippen LogP contribution in [0.15, 0.2) is 42.5 Å². The number of para-hydroxylation sites is 1. The van der Waals surface area contributed by atoms with E-state index in [1.165, 1.54) is 12.0 Å². The van der Waals surface area contributed by atoms with Gasteiger partial charge in [-0.2, -0.15) is 0 Å². The summed E-state index contributed by atoms with van der Waals surface area (Å²) in [6, 6.07) is 11.4. The predicted octanol–water partition coefficient (Wildman–Crippen LogP) is 1.66. The average Bonchev–Trinajstić information content (AvgIpc) is 3.35.